The van der Waals surface area contributed by atoms with Gasteiger partial charge >= 0.3 is 0 Å². The minimum Gasteiger partial charge on any atom is -0.319 e. The summed E-state index contributed by atoms with van der Waals surface area (Å²) in [5.74, 6) is 1.42. The lowest BCUT2D eigenvalue weighted by Crippen LogP contribution is -2.36. The predicted molar refractivity (Wildman–Crippen MR) is 73.4 cm³/mol. The average Bonchev–Trinajstić information content (AvgIpc) is 2.38. The number of likely N-dealkylation sites (N-methyl/N-ethyl adjacent to an activating group) is 1. The Labute approximate surface area is 105 Å². The minimum atomic E-state index is 0.647. The van der Waals surface area contributed by atoms with Crippen molar-refractivity contribution in [3.8, 4) is 0 Å². The number of benzene rings is 1. The first kappa shape index (κ1) is 12.6. The Hall–Kier alpha value is -0.860. The van der Waals surface area contributed by atoms with Crippen LogP contribution in [0.1, 0.15) is 29.9 Å². The van der Waals surface area contributed by atoms with Crippen LogP contribution < -0.4 is 10.6 Å². The van der Waals surface area contributed by atoms with Crippen LogP contribution in [0.2, 0.25) is 0 Å². The molecule has 0 bridgehead atoms. The van der Waals surface area contributed by atoms with E-state index in [0.717, 1.165) is 12.5 Å². The monoisotopic (exact) mass is 232 g/mol. The standard InChI is InChI=1S/C15H24N2/c1-12-5-7-13(8-6-12)15(11-16-2)14-4-3-9-17-10-14/h5-8,14-17H,3-4,9-11H2,1-2H3. The normalized spacial score (nSPS) is 22.4. The Kier molecular flexibility index (Phi) is 4.57. The van der Waals surface area contributed by atoms with E-state index in [1.54, 1.807) is 0 Å². The van der Waals surface area contributed by atoms with Crippen LogP contribution in [0.3, 0.4) is 0 Å². The second-order valence-electron chi connectivity index (χ2n) is 5.18. The van der Waals surface area contributed by atoms with Crippen LogP contribution in [0, 0.1) is 12.8 Å². The number of aryl methyl sites for hydroxylation is 1. The highest BCUT2D eigenvalue weighted by molar-refractivity contribution is 5.25. The second kappa shape index (κ2) is 6.18. The highest BCUT2D eigenvalue weighted by Crippen LogP contribution is 2.29. The van der Waals surface area contributed by atoms with Gasteiger partial charge in [0.25, 0.3) is 0 Å². The summed E-state index contributed by atoms with van der Waals surface area (Å²) in [5, 5.41) is 6.88. The fourth-order valence-electron chi connectivity index (χ4n) is 2.81. The SMILES string of the molecule is CNCC(c1ccc(C)cc1)C1CCCNC1. The minimum absolute atomic E-state index is 0.647. The van der Waals surface area contributed by atoms with E-state index >= 15 is 0 Å². The highest BCUT2D eigenvalue weighted by Gasteiger charge is 2.24. The second-order valence-corrected chi connectivity index (χ2v) is 5.18. The molecule has 0 amide bonds. The van der Waals surface area contributed by atoms with Gasteiger partial charge in [0.15, 0.2) is 0 Å². The number of hydrogen-bond donors (Lipinski definition) is 2. The first-order chi connectivity index (χ1) is 8.31. The molecular formula is C15H24N2. The van der Waals surface area contributed by atoms with E-state index in [1.165, 1.54) is 37.1 Å². The molecule has 1 aromatic rings. The molecule has 2 rings (SSSR count). The maximum Gasteiger partial charge on any atom is 0.00203 e. The Bertz CT molecular complexity index is 325. The van der Waals surface area contributed by atoms with Gasteiger partial charge in [-0.05, 0) is 51.4 Å². The van der Waals surface area contributed by atoms with Gasteiger partial charge in [-0.25, -0.2) is 0 Å². The molecule has 2 unspecified atom stereocenters. The van der Waals surface area contributed by atoms with Crippen molar-refractivity contribution in [1.29, 1.82) is 0 Å². The Morgan fingerprint density at radius 1 is 1.35 bits per heavy atom. The van der Waals surface area contributed by atoms with Crippen molar-refractivity contribution in [3.63, 3.8) is 0 Å². The van der Waals surface area contributed by atoms with Crippen molar-refractivity contribution in [2.45, 2.75) is 25.7 Å². The molecule has 1 aromatic carbocycles. The van der Waals surface area contributed by atoms with E-state index in [1.807, 2.05) is 0 Å². The van der Waals surface area contributed by atoms with Gasteiger partial charge < -0.3 is 10.6 Å². The van der Waals surface area contributed by atoms with Gasteiger partial charge in [0.2, 0.25) is 0 Å². The van der Waals surface area contributed by atoms with Crippen molar-refractivity contribution in [3.05, 3.63) is 35.4 Å². The smallest absolute Gasteiger partial charge is 0.00203 e. The number of hydrogen-bond acceptors (Lipinski definition) is 2. The fourth-order valence-corrected chi connectivity index (χ4v) is 2.81. The van der Waals surface area contributed by atoms with Gasteiger partial charge in [-0.15, -0.1) is 0 Å². The predicted octanol–water partition coefficient (Wildman–Crippen LogP) is 2.30. The summed E-state index contributed by atoms with van der Waals surface area (Å²) in [6.07, 6.45) is 2.67. The molecule has 2 atom stereocenters. The molecule has 0 radical (unpaired) electrons. The first-order valence-electron chi connectivity index (χ1n) is 6.73. The van der Waals surface area contributed by atoms with Crippen molar-refractivity contribution in [2.24, 2.45) is 5.92 Å². The molecule has 1 fully saturated rings. The molecular weight excluding hydrogens is 208 g/mol. The Balaban J connectivity index is 2.12. The summed E-state index contributed by atoms with van der Waals surface area (Å²) < 4.78 is 0. The summed E-state index contributed by atoms with van der Waals surface area (Å²) in [4.78, 5) is 0. The van der Waals surface area contributed by atoms with Crippen molar-refractivity contribution >= 4 is 0 Å². The Morgan fingerprint density at radius 3 is 2.71 bits per heavy atom. The van der Waals surface area contributed by atoms with Crippen LogP contribution in [-0.4, -0.2) is 26.7 Å². The summed E-state index contributed by atoms with van der Waals surface area (Å²) in [5.41, 5.74) is 2.83. The fraction of sp³-hybridized carbons (Fsp3) is 0.600. The molecule has 1 aliphatic heterocycles. The van der Waals surface area contributed by atoms with E-state index in [9.17, 15) is 0 Å². The van der Waals surface area contributed by atoms with Crippen LogP contribution in [0.15, 0.2) is 24.3 Å². The zero-order valence-corrected chi connectivity index (χ0v) is 11.0. The molecule has 2 nitrogen and oxygen atoms in total. The Morgan fingerprint density at radius 2 is 2.12 bits per heavy atom. The maximum absolute atomic E-state index is 3.53. The van der Waals surface area contributed by atoms with Gasteiger partial charge in [0.05, 0.1) is 0 Å². The number of rotatable bonds is 4. The van der Waals surface area contributed by atoms with Gasteiger partial charge in [0, 0.05) is 12.5 Å². The van der Waals surface area contributed by atoms with E-state index < -0.39 is 0 Å². The number of nitrogens with one attached hydrogen (secondary N) is 2. The molecule has 2 heteroatoms. The summed E-state index contributed by atoms with van der Waals surface area (Å²) in [7, 11) is 2.05. The van der Waals surface area contributed by atoms with Crippen molar-refractivity contribution < 1.29 is 0 Å². The molecule has 1 heterocycles. The molecule has 94 valence electrons. The molecule has 1 aliphatic rings. The molecule has 2 N–H and O–H groups in total. The first-order valence-corrected chi connectivity index (χ1v) is 6.73. The summed E-state index contributed by atoms with van der Waals surface area (Å²) in [6.45, 7) is 5.59. The van der Waals surface area contributed by atoms with Gasteiger partial charge in [-0.3, -0.25) is 0 Å². The third-order valence-electron chi connectivity index (χ3n) is 3.83. The topological polar surface area (TPSA) is 24.1 Å². The largest absolute Gasteiger partial charge is 0.319 e. The third kappa shape index (κ3) is 3.30. The van der Waals surface area contributed by atoms with Crippen LogP contribution in [0.25, 0.3) is 0 Å². The summed E-state index contributed by atoms with van der Waals surface area (Å²) >= 11 is 0. The lowest BCUT2D eigenvalue weighted by molar-refractivity contribution is 0.317. The van der Waals surface area contributed by atoms with Crippen molar-refractivity contribution in [1.82, 2.24) is 10.6 Å². The van der Waals surface area contributed by atoms with Crippen LogP contribution in [0.4, 0.5) is 0 Å². The van der Waals surface area contributed by atoms with E-state index in [2.05, 4.69) is 48.9 Å². The highest BCUT2D eigenvalue weighted by atomic mass is 14.9. The van der Waals surface area contributed by atoms with E-state index in [0.29, 0.717) is 5.92 Å². The quantitative estimate of drug-likeness (QED) is 0.832. The zero-order chi connectivity index (χ0) is 12.1. The van der Waals surface area contributed by atoms with Crippen LogP contribution >= 0.6 is 0 Å². The van der Waals surface area contributed by atoms with Gasteiger partial charge in [0.1, 0.15) is 0 Å². The maximum atomic E-state index is 3.53. The molecule has 17 heavy (non-hydrogen) atoms. The molecule has 0 saturated carbocycles. The lowest BCUT2D eigenvalue weighted by atomic mass is 9.81. The van der Waals surface area contributed by atoms with Gasteiger partial charge in [-0.2, -0.15) is 0 Å². The van der Waals surface area contributed by atoms with Crippen LogP contribution in [-0.2, 0) is 0 Å². The zero-order valence-electron chi connectivity index (χ0n) is 11.0. The van der Waals surface area contributed by atoms with Crippen LogP contribution in [0.5, 0.6) is 0 Å². The third-order valence-corrected chi connectivity index (χ3v) is 3.83. The van der Waals surface area contributed by atoms with E-state index in [-0.39, 0.29) is 0 Å². The number of piperidine rings is 1. The van der Waals surface area contributed by atoms with Gasteiger partial charge in [-0.1, -0.05) is 29.8 Å². The molecule has 0 aromatic heterocycles. The molecule has 1 saturated heterocycles. The lowest BCUT2D eigenvalue weighted by Gasteiger charge is -2.31. The summed E-state index contributed by atoms with van der Waals surface area (Å²) in [6, 6.07) is 9.06. The molecule has 0 spiro atoms. The van der Waals surface area contributed by atoms with Crippen molar-refractivity contribution in [2.75, 3.05) is 26.7 Å². The average molecular weight is 232 g/mol. The molecule has 0 aliphatic carbocycles. The van der Waals surface area contributed by atoms with E-state index in [4.69, 9.17) is 0 Å².